The summed E-state index contributed by atoms with van der Waals surface area (Å²) in [4.78, 5) is 0. The fourth-order valence-electron chi connectivity index (χ4n) is 3.14. The Balaban J connectivity index is 2.36. The van der Waals surface area contributed by atoms with E-state index in [1.807, 2.05) is 0 Å². The molecule has 0 unspecified atom stereocenters. The number of benzene rings is 1. The van der Waals surface area contributed by atoms with Crippen LogP contribution in [0.1, 0.15) is 44.2 Å². The van der Waals surface area contributed by atoms with E-state index in [-0.39, 0.29) is 0 Å². The summed E-state index contributed by atoms with van der Waals surface area (Å²) in [5.41, 5.74) is 3.21. The van der Waals surface area contributed by atoms with Crippen molar-refractivity contribution >= 4 is 0 Å². The second-order valence-corrected chi connectivity index (χ2v) is 5.26. The molecule has 1 fully saturated rings. The second-order valence-electron chi connectivity index (χ2n) is 5.26. The van der Waals surface area contributed by atoms with Crippen LogP contribution in [0.25, 0.3) is 0 Å². The van der Waals surface area contributed by atoms with Crippen LogP contribution in [0.4, 0.5) is 0 Å². The molecule has 1 aromatic rings. The normalized spacial score (nSPS) is 18.6. The highest BCUT2D eigenvalue weighted by molar-refractivity contribution is 5.40. The zero-order chi connectivity index (χ0) is 13.0. The molecule has 1 N–H and O–H groups in total. The molecule has 1 heterocycles. The Morgan fingerprint density at radius 1 is 1.22 bits per heavy atom. The molecule has 0 radical (unpaired) electrons. The molecule has 0 aromatic heterocycles. The van der Waals surface area contributed by atoms with E-state index >= 15 is 0 Å². The molecule has 1 aliphatic heterocycles. The Labute approximate surface area is 111 Å². The Bertz CT molecular complexity index is 394. The Kier molecular flexibility index (Phi) is 4.28. The minimum Gasteiger partial charge on any atom is -0.496 e. The van der Waals surface area contributed by atoms with E-state index in [9.17, 15) is 0 Å². The molecule has 2 nitrogen and oxygen atoms in total. The Morgan fingerprint density at radius 2 is 1.94 bits per heavy atom. The minimum absolute atomic E-state index is 0.376. The highest BCUT2D eigenvalue weighted by Gasteiger charge is 2.32. The number of hydrogen-bond acceptors (Lipinski definition) is 2. The van der Waals surface area contributed by atoms with Crippen molar-refractivity contribution in [3.05, 3.63) is 29.3 Å². The van der Waals surface area contributed by atoms with E-state index < -0.39 is 0 Å². The van der Waals surface area contributed by atoms with Gasteiger partial charge in [0, 0.05) is 0 Å². The summed E-state index contributed by atoms with van der Waals surface area (Å²) in [5, 5.41) is 3.47. The van der Waals surface area contributed by atoms with Crippen LogP contribution in [0.3, 0.4) is 0 Å². The monoisotopic (exact) mass is 247 g/mol. The summed E-state index contributed by atoms with van der Waals surface area (Å²) in [7, 11) is 1.76. The van der Waals surface area contributed by atoms with Crippen LogP contribution in [0.15, 0.2) is 18.2 Å². The molecule has 1 saturated heterocycles. The lowest BCUT2D eigenvalue weighted by Gasteiger charge is -2.38. The summed E-state index contributed by atoms with van der Waals surface area (Å²) in [6.45, 7) is 6.80. The average Bonchev–Trinajstić information content (AvgIpc) is 2.47. The Hall–Kier alpha value is -1.02. The SMILES string of the molecule is CCc1cc(C2(CC)CCNCC2)ccc1OC. The zero-order valence-corrected chi connectivity index (χ0v) is 11.9. The molecule has 2 rings (SSSR count). The van der Waals surface area contributed by atoms with Crippen molar-refractivity contribution in [2.45, 2.75) is 44.9 Å². The first kappa shape index (κ1) is 13.4. The van der Waals surface area contributed by atoms with Gasteiger partial charge in [0.05, 0.1) is 7.11 Å². The standard InChI is InChI=1S/C16H25NO/c1-4-13-12-14(6-7-15(13)18-3)16(5-2)8-10-17-11-9-16/h6-7,12,17H,4-5,8-11H2,1-3H3. The van der Waals surface area contributed by atoms with E-state index in [2.05, 4.69) is 37.4 Å². The van der Waals surface area contributed by atoms with Gasteiger partial charge in [-0.1, -0.05) is 26.0 Å². The van der Waals surface area contributed by atoms with E-state index in [1.165, 1.54) is 30.4 Å². The van der Waals surface area contributed by atoms with Crippen molar-refractivity contribution in [1.29, 1.82) is 0 Å². The molecule has 0 aliphatic carbocycles. The smallest absolute Gasteiger partial charge is 0.122 e. The third-order valence-electron chi connectivity index (χ3n) is 4.51. The van der Waals surface area contributed by atoms with Crippen LogP contribution in [-0.2, 0) is 11.8 Å². The van der Waals surface area contributed by atoms with Gasteiger partial charge in [-0.2, -0.15) is 0 Å². The molecular formula is C16H25NO. The second kappa shape index (κ2) is 5.75. The fourth-order valence-corrected chi connectivity index (χ4v) is 3.14. The van der Waals surface area contributed by atoms with Gasteiger partial charge in [-0.3, -0.25) is 0 Å². The molecule has 0 atom stereocenters. The summed E-state index contributed by atoms with van der Waals surface area (Å²) >= 11 is 0. The molecule has 0 spiro atoms. The molecule has 18 heavy (non-hydrogen) atoms. The van der Waals surface area contributed by atoms with Gasteiger partial charge in [-0.15, -0.1) is 0 Å². The first-order valence-corrected chi connectivity index (χ1v) is 7.14. The molecule has 1 aromatic carbocycles. The Morgan fingerprint density at radius 3 is 2.50 bits per heavy atom. The average molecular weight is 247 g/mol. The number of piperidine rings is 1. The predicted octanol–water partition coefficient (Wildman–Crippen LogP) is 3.29. The molecular weight excluding hydrogens is 222 g/mol. The van der Waals surface area contributed by atoms with Gasteiger partial charge in [0.2, 0.25) is 0 Å². The lowest BCUT2D eigenvalue weighted by molar-refractivity contribution is 0.297. The van der Waals surface area contributed by atoms with Crippen LogP contribution in [0.2, 0.25) is 0 Å². The fraction of sp³-hybridized carbons (Fsp3) is 0.625. The van der Waals surface area contributed by atoms with Gasteiger partial charge in [0.25, 0.3) is 0 Å². The number of hydrogen-bond donors (Lipinski definition) is 1. The van der Waals surface area contributed by atoms with Gasteiger partial charge in [0.15, 0.2) is 0 Å². The van der Waals surface area contributed by atoms with Gasteiger partial charge in [0.1, 0.15) is 5.75 Å². The zero-order valence-electron chi connectivity index (χ0n) is 11.9. The third kappa shape index (κ3) is 2.39. The van der Waals surface area contributed by atoms with Gasteiger partial charge >= 0.3 is 0 Å². The summed E-state index contributed by atoms with van der Waals surface area (Å²) < 4.78 is 5.43. The van der Waals surface area contributed by atoms with Crippen LogP contribution < -0.4 is 10.1 Å². The first-order chi connectivity index (χ1) is 8.75. The van der Waals surface area contributed by atoms with E-state index in [0.29, 0.717) is 5.41 Å². The van der Waals surface area contributed by atoms with Crippen molar-refractivity contribution in [1.82, 2.24) is 5.32 Å². The predicted molar refractivity (Wildman–Crippen MR) is 76.4 cm³/mol. The van der Waals surface area contributed by atoms with E-state index in [4.69, 9.17) is 4.74 Å². The van der Waals surface area contributed by atoms with Crippen molar-refractivity contribution in [3.63, 3.8) is 0 Å². The molecule has 2 heteroatoms. The number of rotatable bonds is 4. The number of ether oxygens (including phenoxy) is 1. The first-order valence-electron chi connectivity index (χ1n) is 7.14. The van der Waals surface area contributed by atoms with Crippen LogP contribution in [0, 0.1) is 0 Å². The topological polar surface area (TPSA) is 21.3 Å². The molecule has 100 valence electrons. The van der Waals surface area contributed by atoms with Crippen molar-refractivity contribution in [3.8, 4) is 5.75 Å². The summed E-state index contributed by atoms with van der Waals surface area (Å²) in [5.74, 6) is 1.03. The number of aryl methyl sites for hydroxylation is 1. The van der Waals surface area contributed by atoms with E-state index in [0.717, 1.165) is 25.3 Å². The lowest BCUT2D eigenvalue weighted by Crippen LogP contribution is -2.39. The van der Waals surface area contributed by atoms with Gasteiger partial charge in [-0.05, 0) is 61.4 Å². The molecule has 0 bridgehead atoms. The lowest BCUT2D eigenvalue weighted by atomic mass is 9.71. The maximum atomic E-state index is 5.43. The van der Waals surface area contributed by atoms with E-state index in [1.54, 1.807) is 7.11 Å². The molecule has 1 aliphatic rings. The van der Waals surface area contributed by atoms with Crippen molar-refractivity contribution in [2.24, 2.45) is 0 Å². The van der Waals surface area contributed by atoms with Crippen LogP contribution in [-0.4, -0.2) is 20.2 Å². The van der Waals surface area contributed by atoms with Crippen molar-refractivity contribution < 1.29 is 4.74 Å². The molecule has 0 saturated carbocycles. The quantitative estimate of drug-likeness (QED) is 0.881. The van der Waals surface area contributed by atoms with Crippen molar-refractivity contribution in [2.75, 3.05) is 20.2 Å². The van der Waals surface area contributed by atoms with Gasteiger partial charge in [-0.25, -0.2) is 0 Å². The van der Waals surface area contributed by atoms with Crippen LogP contribution >= 0.6 is 0 Å². The summed E-state index contributed by atoms with van der Waals surface area (Å²) in [6.07, 6.45) is 4.76. The summed E-state index contributed by atoms with van der Waals surface area (Å²) in [6, 6.07) is 6.79. The number of methoxy groups -OCH3 is 1. The largest absolute Gasteiger partial charge is 0.496 e. The minimum atomic E-state index is 0.376. The maximum absolute atomic E-state index is 5.43. The highest BCUT2D eigenvalue weighted by atomic mass is 16.5. The third-order valence-corrected chi connectivity index (χ3v) is 4.51. The molecule has 0 amide bonds. The number of nitrogens with one attached hydrogen (secondary N) is 1. The highest BCUT2D eigenvalue weighted by Crippen LogP contribution is 2.38. The van der Waals surface area contributed by atoms with Gasteiger partial charge < -0.3 is 10.1 Å². The maximum Gasteiger partial charge on any atom is 0.122 e. The van der Waals surface area contributed by atoms with Crippen LogP contribution in [0.5, 0.6) is 5.75 Å².